The van der Waals surface area contributed by atoms with E-state index in [9.17, 15) is 9.59 Å². The van der Waals surface area contributed by atoms with Gasteiger partial charge in [0.25, 0.3) is 0 Å². The summed E-state index contributed by atoms with van der Waals surface area (Å²) in [5, 5.41) is 0. The number of hydrogen-bond donors (Lipinski definition) is 0. The van der Waals surface area contributed by atoms with E-state index in [-0.39, 0.29) is 11.7 Å². The van der Waals surface area contributed by atoms with Crippen molar-refractivity contribution < 1.29 is 9.59 Å². The number of rotatable bonds is 6. The van der Waals surface area contributed by atoms with E-state index in [0.29, 0.717) is 38.5 Å². The average Bonchev–Trinajstić information content (AvgIpc) is 2.36. The first-order valence-corrected chi connectivity index (χ1v) is 7.96. The highest BCUT2D eigenvalue weighted by Crippen LogP contribution is 2.10. The number of carbonyl (C=O) groups excluding carboxylic acids is 2. The van der Waals surface area contributed by atoms with Crippen LogP contribution in [0, 0.1) is 0 Å². The predicted molar refractivity (Wildman–Crippen MR) is 75.9 cm³/mol. The molecular formula is C13H24N2O2S. The van der Waals surface area contributed by atoms with Crippen LogP contribution in [-0.2, 0) is 9.59 Å². The molecule has 0 aromatic rings. The molecule has 1 unspecified atom stereocenters. The third-order valence-corrected chi connectivity index (χ3v) is 4.23. The Labute approximate surface area is 114 Å². The van der Waals surface area contributed by atoms with Gasteiger partial charge in [-0.25, -0.2) is 0 Å². The van der Waals surface area contributed by atoms with Crippen molar-refractivity contribution in [3.63, 3.8) is 0 Å². The molecule has 5 heteroatoms. The van der Waals surface area contributed by atoms with E-state index >= 15 is 0 Å². The van der Waals surface area contributed by atoms with Crippen molar-refractivity contribution >= 4 is 23.5 Å². The second-order valence-corrected chi connectivity index (χ2v) is 5.76. The number of thioether (sulfide) groups is 1. The molecule has 0 bridgehead atoms. The first kappa shape index (κ1) is 15.5. The summed E-state index contributed by atoms with van der Waals surface area (Å²) in [6, 6.07) is 0.454. The molecule has 0 aliphatic carbocycles. The molecule has 1 rings (SSSR count). The highest BCUT2D eigenvalue weighted by atomic mass is 32.2. The molecule has 1 amide bonds. The molecule has 1 atom stereocenters. The highest BCUT2D eigenvalue weighted by molar-refractivity contribution is 7.98. The van der Waals surface area contributed by atoms with Crippen LogP contribution < -0.4 is 0 Å². The summed E-state index contributed by atoms with van der Waals surface area (Å²) in [7, 11) is 2.01. The maximum atomic E-state index is 12.1. The Hall–Kier alpha value is -0.550. The number of carbonyl (C=O) groups is 2. The van der Waals surface area contributed by atoms with Crippen LogP contribution in [0.3, 0.4) is 0 Å². The number of likely N-dealkylation sites (tertiary alicyclic amines) is 1. The third-order valence-electron chi connectivity index (χ3n) is 3.51. The van der Waals surface area contributed by atoms with Gasteiger partial charge in [-0.3, -0.25) is 14.5 Å². The van der Waals surface area contributed by atoms with Crippen LogP contribution >= 0.6 is 11.8 Å². The van der Waals surface area contributed by atoms with Crippen molar-refractivity contribution in [1.82, 2.24) is 9.80 Å². The monoisotopic (exact) mass is 272 g/mol. The van der Waals surface area contributed by atoms with Crippen LogP contribution in [0.25, 0.3) is 0 Å². The largest absolute Gasteiger partial charge is 0.341 e. The Morgan fingerprint density at radius 1 is 1.44 bits per heavy atom. The molecule has 0 aromatic heterocycles. The van der Waals surface area contributed by atoms with Crippen molar-refractivity contribution in [2.24, 2.45) is 0 Å². The maximum absolute atomic E-state index is 12.1. The van der Waals surface area contributed by atoms with Gasteiger partial charge >= 0.3 is 0 Å². The van der Waals surface area contributed by atoms with E-state index < -0.39 is 0 Å². The molecule has 1 heterocycles. The van der Waals surface area contributed by atoms with Crippen LogP contribution in [-0.4, -0.2) is 66.2 Å². The Morgan fingerprint density at radius 3 is 2.56 bits per heavy atom. The molecule has 4 nitrogen and oxygen atoms in total. The van der Waals surface area contributed by atoms with E-state index in [1.54, 1.807) is 0 Å². The zero-order valence-electron chi connectivity index (χ0n) is 11.6. The summed E-state index contributed by atoms with van der Waals surface area (Å²) in [5.41, 5.74) is 0. The zero-order chi connectivity index (χ0) is 13.5. The number of amides is 1. The minimum atomic E-state index is 0.157. The minimum Gasteiger partial charge on any atom is -0.341 e. The third kappa shape index (κ3) is 4.61. The lowest BCUT2D eigenvalue weighted by Gasteiger charge is -2.31. The van der Waals surface area contributed by atoms with Gasteiger partial charge in [0, 0.05) is 37.7 Å². The van der Waals surface area contributed by atoms with E-state index in [4.69, 9.17) is 0 Å². The number of nitrogens with zero attached hydrogens (tertiary/aromatic N) is 2. The summed E-state index contributed by atoms with van der Waals surface area (Å²) in [5.74, 6) is 1.49. The van der Waals surface area contributed by atoms with Crippen LogP contribution in [0.5, 0.6) is 0 Å². The van der Waals surface area contributed by atoms with E-state index in [0.717, 1.165) is 12.2 Å². The Bertz CT molecular complexity index is 287. The summed E-state index contributed by atoms with van der Waals surface area (Å²) in [6.45, 7) is 3.82. The number of likely N-dealkylation sites (N-methyl/N-ethyl adjacent to an activating group) is 1. The number of piperidine rings is 1. The Kier molecular flexibility index (Phi) is 6.71. The second-order valence-electron chi connectivity index (χ2n) is 4.85. The molecular weight excluding hydrogens is 248 g/mol. The normalized spacial score (nSPS) is 18.2. The molecule has 0 saturated carbocycles. The number of Topliss-reactive ketones (excluding diaryl/α,β-unsaturated/α-hetero) is 1. The molecule has 0 radical (unpaired) electrons. The van der Waals surface area contributed by atoms with Crippen molar-refractivity contribution in [2.45, 2.75) is 32.2 Å². The fraction of sp³-hybridized carbons (Fsp3) is 0.846. The van der Waals surface area contributed by atoms with Crippen molar-refractivity contribution in [2.75, 3.05) is 38.7 Å². The van der Waals surface area contributed by atoms with Crippen molar-refractivity contribution in [1.29, 1.82) is 0 Å². The van der Waals surface area contributed by atoms with Gasteiger partial charge in [-0.1, -0.05) is 6.92 Å². The molecule has 0 spiro atoms. The SMILES string of the molecule is CCC(CSC)N(C)CC(=O)N1CCC(=O)CC1. The van der Waals surface area contributed by atoms with Gasteiger partial charge in [-0.15, -0.1) is 0 Å². The summed E-state index contributed by atoms with van der Waals surface area (Å²) in [4.78, 5) is 27.2. The van der Waals surface area contributed by atoms with Crippen molar-refractivity contribution in [3.8, 4) is 0 Å². The Morgan fingerprint density at radius 2 is 2.06 bits per heavy atom. The van der Waals surface area contributed by atoms with E-state index in [1.807, 2.05) is 23.7 Å². The fourth-order valence-corrected chi connectivity index (χ4v) is 3.07. The average molecular weight is 272 g/mol. The Balaban J connectivity index is 2.40. The van der Waals surface area contributed by atoms with Gasteiger partial charge in [0.05, 0.1) is 6.54 Å². The van der Waals surface area contributed by atoms with Gasteiger partial charge in [-0.2, -0.15) is 11.8 Å². The van der Waals surface area contributed by atoms with Gasteiger partial charge in [0.1, 0.15) is 5.78 Å². The zero-order valence-corrected chi connectivity index (χ0v) is 12.5. The predicted octanol–water partition coefficient (Wildman–Crippen LogP) is 1.25. The van der Waals surface area contributed by atoms with Crippen LogP contribution in [0.4, 0.5) is 0 Å². The van der Waals surface area contributed by atoms with Gasteiger partial charge < -0.3 is 4.90 Å². The first-order valence-electron chi connectivity index (χ1n) is 6.57. The summed E-state index contributed by atoms with van der Waals surface area (Å²) >= 11 is 1.81. The van der Waals surface area contributed by atoms with Gasteiger partial charge in [-0.05, 0) is 19.7 Å². The van der Waals surface area contributed by atoms with Crippen LogP contribution in [0.1, 0.15) is 26.2 Å². The molecule has 1 aliphatic heterocycles. The molecule has 0 N–H and O–H groups in total. The number of ketones is 1. The van der Waals surface area contributed by atoms with Crippen molar-refractivity contribution in [3.05, 3.63) is 0 Å². The lowest BCUT2D eigenvalue weighted by molar-refractivity contribution is -0.135. The van der Waals surface area contributed by atoms with Gasteiger partial charge in [0.2, 0.25) is 5.91 Å². The lowest BCUT2D eigenvalue weighted by atomic mass is 10.1. The fourth-order valence-electron chi connectivity index (χ4n) is 2.20. The molecule has 1 aliphatic rings. The van der Waals surface area contributed by atoms with Crippen LogP contribution in [0.15, 0.2) is 0 Å². The smallest absolute Gasteiger partial charge is 0.236 e. The summed E-state index contributed by atoms with van der Waals surface area (Å²) in [6.07, 6.45) is 4.20. The summed E-state index contributed by atoms with van der Waals surface area (Å²) < 4.78 is 0. The number of hydrogen-bond acceptors (Lipinski definition) is 4. The molecule has 104 valence electrons. The molecule has 1 fully saturated rings. The molecule has 0 aromatic carbocycles. The quantitative estimate of drug-likeness (QED) is 0.730. The molecule has 18 heavy (non-hydrogen) atoms. The van der Waals surface area contributed by atoms with Crippen LogP contribution in [0.2, 0.25) is 0 Å². The van der Waals surface area contributed by atoms with E-state index in [1.165, 1.54) is 0 Å². The molecule has 1 saturated heterocycles. The second kappa shape index (κ2) is 7.79. The van der Waals surface area contributed by atoms with E-state index in [2.05, 4.69) is 18.1 Å². The maximum Gasteiger partial charge on any atom is 0.236 e. The topological polar surface area (TPSA) is 40.6 Å². The minimum absolute atomic E-state index is 0.157. The van der Waals surface area contributed by atoms with Gasteiger partial charge in [0.15, 0.2) is 0 Å². The highest BCUT2D eigenvalue weighted by Gasteiger charge is 2.23. The lowest BCUT2D eigenvalue weighted by Crippen LogP contribution is -2.46. The first-order chi connectivity index (χ1) is 8.58. The standard InChI is InChI=1S/C13H24N2O2S/c1-4-11(10-18-3)14(2)9-13(17)15-7-5-12(16)6-8-15/h11H,4-10H2,1-3H3.